The van der Waals surface area contributed by atoms with Crippen molar-refractivity contribution < 1.29 is 10.3 Å². The Bertz CT molecular complexity index is 246. The Morgan fingerprint density at radius 3 is 2.08 bits per heavy atom. The lowest BCUT2D eigenvalue weighted by atomic mass is 10.4. The Labute approximate surface area is 75.5 Å². The fourth-order valence-electron chi connectivity index (χ4n) is 0.642. The summed E-state index contributed by atoms with van der Waals surface area (Å²) in [6, 6.07) is 3.94. The number of anilines is 1. The van der Waals surface area contributed by atoms with Crippen molar-refractivity contribution in [1.82, 2.24) is 4.98 Å². The molecule has 6 nitrogen and oxygen atoms in total. The van der Waals surface area contributed by atoms with Crippen LogP contribution in [0.4, 0.5) is 5.69 Å². The van der Waals surface area contributed by atoms with Crippen LogP contribution in [0.15, 0.2) is 24.5 Å². The van der Waals surface area contributed by atoms with Gasteiger partial charge in [-0.1, -0.05) is 0 Å². The smallest absolute Gasteiger partial charge is 0.291 e. The van der Waals surface area contributed by atoms with Gasteiger partial charge in [0.25, 0.3) is 5.09 Å². The van der Waals surface area contributed by atoms with E-state index in [2.05, 4.69) is 4.98 Å². The first kappa shape index (κ1) is 11.2. The molecule has 0 aliphatic carbocycles. The molecule has 1 aromatic heterocycles. The molecule has 1 rings (SSSR count). The normalized spacial score (nSPS) is 8.15. The third kappa shape index (κ3) is 6.54. The monoisotopic (exact) mass is 185 g/mol. The summed E-state index contributed by atoms with van der Waals surface area (Å²) in [4.78, 5) is 14.3. The van der Waals surface area contributed by atoms with Crippen molar-refractivity contribution in [3.63, 3.8) is 0 Å². The van der Waals surface area contributed by atoms with E-state index in [1.165, 1.54) is 5.69 Å². The van der Waals surface area contributed by atoms with Crippen LogP contribution in [0, 0.1) is 10.1 Å². The minimum atomic E-state index is -1.50. The van der Waals surface area contributed by atoms with E-state index >= 15 is 0 Å². The molecule has 0 aromatic carbocycles. The van der Waals surface area contributed by atoms with Crippen LogP contribution in [0.2, 0.25) is 0 Å². The van der Waals surface area contributed by atoms with Crippen molar-refractivity contribution in [2.75, 3.05) is 19.0 Å². The van der Waals surface area contributed by atoms with Crippen LogP contribution >= 0.6 is 0 Å². The number of nitrogens with zero attached hydrogens (tertiary/aromatic N) is 3. The van der Waals surface area contributed by atoms with Gasteiger partial charge in [-0.05, 0) is 12.1 Å². The number of rotatable bonds is 1. The largest absolute Gasteiger partial charge is 0.378 e. The van der Waals surface area contributed by atoms with Crippen molar-refractivity contribution in [3.8, 4) is 0 Å². The molecule has 72 valence electrons. The van der Waals surface area contributed by atoms with E-state index in [1.54, 1.807) is 12.4 Å². The fraction of sp³-hybridized carbons (Fsp3) is 0.286. The van der Waals surface area contributed by atoms with Gasteiger partial charge in [-0.2, -0.15) is 0 Å². The molecule has 0 bridgehead atoms. The van der Waals surface area contributed by atoms with E-state index in [1.807, 2.05) is 31.1 Å². The zero-order valence-electron chi connectivity index (χ0n) is 7.41. The third-order valence-corrected chi connectivity index (χ3v) is 1.18. The highest BCUT2D eigenvalue weighted by Gasteiger charge is 1.88. The minimum absolute atomic E-state index is 1.19. The highest BCUT2D eigenvalue weighted by molar-refractivity contribution is 5.42. The molecule has 0 spiro atoms. The summed E-state index contributed by atoms with van der Waals surface area (Å²) in [6.45, 7) is 0. The number of hydrogen-bond donors (Lipinski definition) is 1. The molecule has 0 radical (unpaired) electrons. The van der Waals surface area contributed by atoms with Crippen molar-refractivity contribution in [2.24, 2.45) is 0 Å². The predicted octanol–water partition coefficient (Wildman–Crippen LogP) is 0.800. The van der Waals surface area contributed by atoms with Gasteiger partial charge < -0.3 is 10.1 Å². The van der Waals surface area contributed by atoms with E-state index in [-0.39, 0.29) is 0 Å². The maximum Gasteiger partial charge on any atom is 0.291 e. The predicted molar refractivity (Wildman–Crippen MR) is 47.3 cm³/mol. The van der Waals surface area contributed by atoms with E-state index in [0.29, 0.717) is 0 Å². The van der Waals surface area contributed by atoms with E-state index in [9.17, 15) is 0 Å². The van der Waals surface area contributed by atoms with E-state index in [0.717, 1.165) is 0 Å². The van der Waals surface area contributed by atoms with Crippen LogP contribution in [-0.2, 0) is 0 Å². The highest BCUT2D eigenvalue weighted by atomic mass is 16.9. The summed E-state index contributed by atoms with van der Waals surface area (Å²) in [6.07, 6.45) is 3.57. The van der Waals surface area contributed by atoms with Gasteiger partial charge in [0.15, 0.2) is 0 Å². The Morgan fingerprint density at radius 2 is 1.85 bits per heavy atom. The zero-order chi connectivity index (χ0) is 10.3. The quantitative estimate of drug-likeness (QED) is 0.517. The molecule has 0 aliphatic rings. The lowest BCUT2D eigenvalue weighted by molar-refractivity contribution is -0.742. The van der Waals surface area contributed by atoms with Gasteiger partial charge in [-0.3, -0.25) is 4.98 Å². The molecule has 0 saturated heterocycles. The van der Waals surface area contributed by atoms with Gasteiger partial charge in [0.05, 0.1) is 0 Å². The van der Waals surface area contributed by atoms with Crippen molar-refractivity contribution in [1.29, 1.82) is 0 Å². The molecular weight excluding hydrogens is 174 g/mol. The molecule has 0 unspecified atom stereocenters. The molecule has 0 atom stereocenters. The molecular formula is C7H11N3O3. The third-order valence-electron chi connectivity index (χ3n) is 1.18. The maximum atomic E-state index is 8.36. The average molecular weight is 185 g/mol. The number of aromatic nitrogens is 1. The SMILES string of the molecule is CN(C)c1ccncc1.O=[N+]([O-])O. The summed E-state index contributed by atoms with van der Waals surface area (Å²) in [5.41, 5.74) is 1.19. The van der Waals surface area contributed by atoms with Crippen LogP contribution < -0.4 is 4.90 Å². The zero-order valence-corrected chi connectivity index (χ0v) is 7.41. The Morgan fingerprint density at radius 1 is 1.46 bits per heavy atom. The van der Waals surface area contributed by atoms with Gasteiger partial charge in [-0.25, -0.2) is 0 Å². The topological polar surface area (TPSA) is 79.5 Å². The molecule has 1 heterocycles. The number of hydrogen-bond acceptors (Lipinski definition) is 4. The van der Waals surface area contributed by atoms with Gasteiger partial charge >= 0.3 is 0 Å². The second-order valence-corrected chi connectivity index (χ2v) is 2.34. The number of pyridine rings is 1. The summed E-state index contributed by atoms with van der Waals surface area (Å²) in [5, 5.41) is 13.6. The summed E-state index contributed by atoms with van der Waals surface area (Å²) >= 11 is 0. The molecule has 0 amide bonds. The molecule has 1 N–H and O–H groups in total. The van der Waals surface area contributed by atoms with Crippen LogP contribution in [0.1, 0.15) is 0 Å². The second kappa shape index (κ2) is 5.76. The van der Waals surface area contributed by atoms with Gasteiger partial charge in [0.2, 0.25) is 0 Å². The van der Waals surface area contributed by atoms with Gasteiger partial charge in [0, 0.05) is 32.2 Å². The van der Waals surface area contributed by atoms with Crippen molar-refractivity contribution >= 4 is 5.69 Å². The van der Waals surface area contributed by atoms with Gasteiger partial charge in [-0.15, -0.1) is 10.1 Å². The van der Waals surface area contributed by atoms with Crippen molar-refractivity contribution in [3.05, 3.63) is 34.6 Å². The molecule has 13 heavy (non-hydrogen) atoms. The highest BCUT2D eigenvalue weighted by Crippen LogP contribution is 2.05. The first-order valence-electron chi connectivity index (χ1n) is 3.44. The fourth-order valence-corrected chi connectivity index (χ4v) is 0.642. The molecule has 6 heteroatoms. The van der Waals surface area contributed by atoms with Gasteiger partial charge in [0.1, 0.15) is 0 Å². The Hall–Kier alpha value is -1.85. The van der Waals surface area contributed by atoms with E-state index in [4.69, 9.17) is 15.3 Å². The molecule has 0 aliphatic heterocycles. The lowest BCUT2D eigenvalue weighted by Crippen LogP contribution is -2.07. The second-order valence-electron chi connectivity index (χ2n) is 2.34. The first-order valence-corrected chi connectivity index (χ1v) is 3.44. The maximum absolute atomic E-state index is 8.36. The van der Waals surface area contributed by atoms with Crippen LogP contribution in [-0.4, -0.2) is 29.4 Å². The van der Waals surface area contributed by atoms with E-state index < -0.39 is 5.09 Å². The van der Waals surface area contributed by atoms with Crippen LogP contribution in [0.5, 0.6) is 0 Å². The summed E-state index contributed by atoms with van der Waals surface area (Å²) < 4.78 is 0. The van der Waals surface area contributed by atoms with Crippen LogP contribution in [0.25, 0.3) is 0 Å². The molecule has 1 aromatic rings. The average Bonchev–Trinajstić information content (AvgIpc) is 2.05. The summed E-state index contributed by atoms with van der Waals surface area (Å²) in [5.74, 6) is 0. The lowest BCUT2D eigenvalue weighted by Gasteiger charge is -2.10. The minimum Gasteiger partial charge on any atom is -0.378 e. The Balaban J connectivity index is 0.000000310. The standard InChI is InChI=1S/C7H10N2.HNO3/c1-9(2)7-3-5-8-6-4-7;2-1(3)4/h3-6H,1-2H3;(H,2,3,4). The molecule has 0 saturated carbocycles. The molecule has 0 fully saturated rings. The van der Waals surface area contributed by atoms with Crippen molar-refractivity contribution in [2.45, 2.75) is 0 Å². The Kier molecular flexibility index (Phi) is 4.94. The summed E-state index contributed by atoms with van der Waals surface area (Å²) in [7, 11) is 4.02. The first-order chi connectivity index (χ1) is 6.04. The van der Waals surface area contributed by atoms with Crippen LogP contribution in [0.3, 0.4) is 0 Å².